The fraction of sp³-hybridized carbons (Fsp3) is 0.361. The number of halogens is 1. The number of para-hydroxylation sites is 1. The van der Waals surface area contributed by atoms with Gasteiger partial charge in [-0.1, -0.05) is 41.9 Å². The Morgan fingerprint density at radius 1 is 0.979 bits per heavy atom. The van der Waals surface area contributed by atoms with Crippen LogP contribution in [0.5, 0.6) is 5.88 Å². The van der Waals surface area contributed by atoms with Crippen LogP contribution in [0.25, 0.3) is 16.6 Å². The second-order valence-corrected chi connectivity index (χ2v) is 15.7. The van der Waals surface area contributed by atoms with E-state index in [0.29, 0.717) is 33.1 Å². The second-order valence-electron chi connectivity index (χ2n) is 13.5. The van der Waals surface area contributed by atoms with E-state index < -0.39 is 21.7 Å². The van der Waals surface area contributed by atoms with Gasteiger partial charge in [-0.25, -0.2) is 17.9 Å². The van der Waals surface area contributed by atoms with Gasteiger partial charge in [0.1, 0.15) is 0 Å². The van der Waals surface area contributed by atoms with Crippen LogP contribution in [-0.4, -0.2) is 50.0 Å². The number of methoxy groups -OCH3 is 1. The first-order valence-electron chi connectivity index (χ1n) is 16.0. The fourth-order valence-corrected chi connectivity index (χ4v) is 9.80. The van der Waals surface area contributed by atoms with Crippen LogP contribution in [0.15, 0.2) is 77.6 Å². The summed E-state index contributed by atoms with van der Waals surface area (Å²) in [4.78, 5) is 39.9. The van der Waals surface area contributed by atoms with Crippen LogP contribution in [-0.2, 0) is 21.2 Å². The van der Waals surface area contributed by atoms with Gasteiger partial charge in [0.05, 0.1) is 24.4 Å². The number of hydrogen-bond donors (Lipinski definition) is 2. The smallest absolute Gasteiger partial charge is 0.437 e. The molecule has 2 N–H and O–H groups in total. The number of benzene rings is 3. The van der Waals surface area contributed by atoms with Gasteiger partial charge in [0.2, 0.25) is 15.9 Å². The molecular weight excluding hydrogens is 654 g/mol. The van der Waals surface area contributed by atoms with Crippen LogP contribution in [0.4, 0.5) is 4.79 Å². The average molecular weight is 690 g/mol. The van der Waals surface area contributed by atoms with E-state index in [1.165, 1.54) is 13.4 Å². The molecule has 0 aliphatic heterocycles. The van der Waals surface area contributed by atoms with Crippen LogP contribution >= 0.6 is 11.6 Å². The van der Waals surface area contributed by atoms with Crippen molar-refractivity contribution in [1.82, 2.24) is 14.6 Å². The normalized spacial score (nSPS) is 24.4. The lowest BCUT2D eigenvalue weighted by molar-refractivity contribution is -0.0347. The third-order valence-corrected chi connectivity index (χ3v) is 11.2. The topological polar surface area (TPSA) is 133 Å². The van der Waals surface area contributed by atoms with Gasteiger partial charge in [-0.3, -0.25) is 14.2 Å². The van der Waals surface area contributed by atoms with E-state index in [0.717, 1.165) is 37.7 Å². The maximum Gasteiger partial charge on any atom is 0.514 e. The number of sulfonamides is 1. The molecule has 3 unspecified atom stereocenters. The highest BCUT2D eigenvalue weighted by Gasteiger charge is 2.56. The summed E-state index contributed by atoms with van der Waals surface area (Å²) in [5.74, 6) is 0.733. The quantitative estimate of drug-likeness (QED) is 0.230. The van der Waals surface area contributed by atoms with Crippen LogP contribution in [0.1, 0.15) is 53.6 Å². The van der Waals surface area contributed by atoms with Crippen molar-refractivity contribution in [2.24, 2.45) is 17.8 Å². The molecule has 1 heterocycles. The van der Waals surface area contributed by atoms with Crippen LogP contribution in [0.2, 0.25) is 5.02 Å². The van der Waals surface area contributed by atoms with Crippen molar-refractivity contribution < 1.29 is 27.5 Å². The van der Waals surface area contributed by atoms with Crippen molar-refractivity contribution in [2.75, 3.05) is 13.4 Å². The van der Waals surface area contributed by atoms with Gasteiger partial charge in [-0.05, 0) is 97.9 Å². The molecule has 4 saturated carbocycles. The molecule has 250 valence electrons. The Kier molecular flexibility index (Phi) is 8.33. The van der Waals surface area contributed by atoms with E-state index in [9.17, 15) is 22.8 Å². The lowest BCUT2D eigenvalue weighted by Gasteiger charge is -2.59. The lowest BCUT2D eigenvalue weighted by atomic mass is 9.51. The van der Waals surface area contributed by atoms with Crippen molar-refractivity contribution >= 4 is 44.6 Å². The number of aromatic nitrogens is 1. The van der Waals surface area contributed by atoms with Gasteiger partial charge < -0.3 is 14.8 Å². The van der Waals surface area contributed by atoms with Crippen molar-refractivity contribution in [2.45, 2.75) is 50.1 Å². The summed E-state index contributed by atoms with van der Waals surface area (Å²) in [6.07, 6.45) is 4.65. The zero-order chi connectivity index (χ0) is 33.8. The molecule has 4 aliphatic rings. The minimum Gasteiger partial charge on any atom is -0.437 e. The summed E-state index contributed by atoms with van der Waals surface area (Å²) in [7, 11) is -2.14. The Labute approximate surface area is 283 Å². The fourth-order valence-electron chi connectivity index (χ4n) is 8.59. The third-order valence-electron chi connectivity index (χ3n) is 10.1. The van der Waals surface area contributed by atoms with E-state index in [2.05, 4.69) is 10.0 Å². The Balaban J connectivity index is 1.17. The first kappa shape index (κ1) is 32.4. The zero-order valence-corrected chi connectivity index (χ0v) is 28.1. The van der Waals surface area contributed by atoms with Gasteiger partial charge in [-0.2, -0.15) is 0 Å². The summed E-state index contributed by atoms with van der Waals surface area (Å²) in [5.41, 5.74) is 1.85. The molecule has 1 amide bonds. The first-order valence-corrected chi connectivity index (χ1v) is 18.3. The molecule has 48 heavy (non-hydrogen) atoms. The van der Waals surface area contributed by atoms with E-state index >= 15 is 0 Å². The lowest BCUT2D eigenvalue weighted by Crippen LogP contribution is -2.66. The van der Waals surface area contributed by atoms with Crippen molar-refractivity contribution in [3.8, 4) is 11.6 Å². The van der Waals surface area contributed by atoms with Crippen LogP contribution in [0.3, 0.4) is 0 Å². The summed E-state index contributed by atoms with van der Waals surface area (Å²) in [6, 6.07) is 21.2. The molecule has 4 fully saturated rings. The Morgan fingerprint density at radius 2 is 1.67 bits per heavy atom. The zero-order valence-electron chi connectivity index (χ0n) is 26.6. The number of carbonyl (C=O) groups excluding carboxylic acids is 2. The van der Waals surface area contributed by atoms with Gasteiger partial charge in [0.25, 0.3) is 5.91 Å². The molecule has 8 rings (SSSR count). The van der Waals surface area contributed by atoms with Crippen molar-refractivity contribution in [3.05, 3.63) is 105 Å². The minimum atomic E-state index is -3.33. The molecule has 5 atom stereocenters. The Bertz CT molecular complexity index is 2070. The molecule has 3 aromatic carbocycles. The van der Waals surface area contributed by atoms with E-state index in [1.54, 1.807) is 47.0 Å². The summed E-state index contributed by atoms with van der Waals surface area (Å²) in [6.45, 7) is 0. The highest BCUT2D eigenvalue weighted by Crippen LogP contribution is 2.56. The molecule has 10 nitrogen and oxygen atoms in total. The SMILES string of the molecule is COC(=O)Oc1c(Cc2ccc(C(=O)NC3[C@@H]4CC5C[C@H]3CC(NS(C)(=O)=O)(C5)C4)cc2)c(=O)c2ccc(Cl)cc2n1-c1ccccc1. The molecule has 0 saturated heterocycles. The summed E-state index contributed by atoms with van der Waals surface area (Å²) >= 11 is 6.35. The molecule has 0 radical (unpaired) electrons. The number of ether oxygens (including phenoxy) is 2. The van der Waals surface area contributed by atoms with E-state index in [1.807, 2.05) is 30.3 Å². The number of nitrogens with zero attached hydrogens (tertiary/aromatic N) is 1. The van der Waals surface area contributed by atoms with Crippen molar-refractivity contribution in [1.29, 1.82) is 0 Å². The third kappa shape index (κ3) is 6.22. The largest absolute Gasteiger partial charge is 0.514 e. The standard InChI is InChI=1S/C36H36ClN3O7S/c1-46-35(43)47-34-29(32(41)28-13-12-26(37)17-30(28)40(34)27-6-4-3-5-7-27)16-21-8-10-23(11-9-21)33(42)38-31-24-14-22-15-25(31)20-36(18-22,19-24)39-48(2,44)45/h3-13,17,22,24-25,31,39H,14-16,18-20H2,1-2H3,(H,38,42)/t22?,24-,25+,31?,36?. The average Bonchev–Trinajstić information content (AvgIpc) is 3.03. The number of nitrogens with one attached hydrogen (secondary N) is 2. The molecule has 12 heteroatoms. The van der Waals surface area contributed by atoms with Gasteiger partial charge in [0.15, 0.2) is 5.43 Å². The van der Waals surface area contributed by atoms with Gasteiger partial charge >= 0.3 is 6.16 Å². The minimum absolute atomic E-state index is 0.0104. The first-order chi connectivity index (χ1) is 22.9. The predicted molar refractivity (Wildman–Crippen MR) is 182 cm³/mol. The summed E-state index contributed by atoms with van der Waals surface area (Å²) in [5, 5.41) is 4.08. The molecule has 1 aromatic heterocycles. The van der Waals surface area contributed by atoms with Gasteiger partial charge in [-0.15, -0.1) is 0 Å². The van der Waals surface area contributed by atoms with Crippen LogP contribution < -0.4 is 20.2 Å². The maximum atomic E-state index is 13.9. The number of amides is 1. The number of rotatable bonds is 8. The van der Waals surface area contributed by atoms with Crippen molar-refractivity contribution in [3.63, 3.8) is 0 Å². The van der Waals surface area contributed by atoms with Gasteiger partial charge in [0, 0.05) is 39.7 Å². The molecule has 4 bridgehead atoms. The number of hydrogen-bond acceptors (Lipinski definition) is 7. The number of pyridine rings is 1. The molecule has 4 aliphatic carbocycles. The number of carbonyl (C=O) groups is 2. The molecule has 4 aromatic rings. The van der Waals surface area contributed by atoms with Crippen LogP contribution in [0, 0.1) is 17.8 Å². The predicted octanol–water partition coefficient (Wildman–Crippen LogP) is 5.61. The summed E-state index contributed by atoms with van der Waals surface area (Å²) < 4.78 is 39.3. The van der Waals surface area contributed by atoms with E-state index in [-0.39, 0.29) is 47.1 Å². The highest BCUT2D eigenvalue weighted by atomic mass is 35.5. The van der Waals surface area contributed by atoms with E-state index in [4.69, 9.17) is 21.1 Å². The Morgan fingerprint density at radius 3 is 2.31 bits per heavy atom. The monoisotopic (exact) mass is 689 g/mol. The Hall–Kier alpha value is -4.19. The second kappa shape index (κ2) is 12.4. The highest BCUT2D eigenvalue weighted by molar-refractivity contribution is 7.88. The molecular formula is C36H36ClN3O7S. The maximum absolute atomic E-state index is 13.9. The molecule has 0 spiro atoms. The number of fused-ring (bicyclic) bond motifs is 1.